The Morgan fingerprint density at radius 1 is 1.56 bits per heavy atom. The molecule has 0 saturated carbocycles. The van der Waals surface area contributed by atoms with Gasteiger partial charge in [0.05, 0.1) is 17.8 Å². The number of aromatic nitrogens is 1. The van der Waals surface area contributed by atoms with Gasteiger partial charge in [-0.3, -0.25) is 0 Å². The second kappa shape index (κ2) is 4.82. The van der Waals surface area contributed by atoms with Gasteiger partial charge in [0, 0.05) is 12.0 Å². The van der Waals surface area contributed by atoms with Crippen LogP contribution in [0.4, 0.5) is 0 Å². The van der Waals surface area contributed by atoms with Crippen molar-refractivity contribution in [2.75, 3.05) is 20.3 Å². The highest BCUT2D eigenvalue weighted by atomic mass is 32.1. The molecule has 16 heavy (non-hydrogen) atoms. The summed E-state index contributed by atoms with van der Waals surface area (Å²) in [6, 6.07) is 0. The van der Waals surface area contributed by atoms with Gasteiger partial charge in [-0.25, -0.2) is 4.98 Å². The quantitative estimate of drug-likeness (QED) is 0.881. The Morgan fingerprint density at radius 2 is 2.38 bits per heavy atom. The molecule has 1 aliphatic heterocycles. The second-order valence-electron chi connectivity index (χ2n) is 4.72. The third-order valence-corrected chi connectivity index (χ3v) is 4.31. The van der Waals surface area contributed by atoms with Gasteiger partial charge in [0.25, 0.3) is 0 Å². The number of likely N-dealkylation sites (N-methyl/N-ethyl adjacent to an activating group) is 1. The third kappa shape index (κ3) is 2.14. The monoisotopic (exact) mass is 240 g/mol. The standard InChI is InChI=1S/C12H20N2OS/c1-9(2)10-7-16-11(14-10)12(13-3)5-4-6-15-8-12/h7,9,13H,4-6,8H2,1-3H3. The zero-order valence-electron chi connectivity index (χ0n) is 10.2. The predicted octanol–water partition coefficient (Wildman–Crippen LogP) is 2.49. The number of hydrogen-bond acceptors (Lipinski definition) is 4. The Kier molecular flexibility index (Phi) is 3.62. The van der Waals surface area contributed by atoms with Gasteiger partial charge in [-0.2, -0.15) is 0 Å². The van der Waals surface area contributed by atoms with Crippen LogP contribution in [0, 0.1) is 0 Å². The van der Waals surface area contributed by atoms with Crippen LogP contribution >= 0.6 is 11.3 Å². The van der Waals surface area contributed by atoms with Crippen molar-refractivity contribution in [1.29, 1.82) is 0 Å². The lowest BCUT2D eigenvalue weighted by atomic mass is 9.93. The normalized spacial score (nSPS) is 26.2. The molecule has 1 saturated heterocycles. The van der Waals surface area contributed by atoms with Crippen molar-refractivity contribution < 1.29 is 4.74 Å². The minimum atomic E-state index is -0.0456. The van der Waals surface area contributed by atoms with Gasteiger partial charge in [0.1, 0.15) is 5.01 Å². The number of ether oxygens (including phenoxy) is 1. The third-order valence-electron chi connectivity index (χ3n) is 3.24. The average molecular weight is 240 g/mol. The van der Waals surface area contributed by atoms with Crippen LogP contribution in [0.15, 0.2) is 5.38 Å². The zero-order valence-corrected chi connectivity index (χ0v) is 11.1. The molecule has 2 rings (SSSR count). The summed E-state index contributed by atoms with van der Waals surface area (Å²) in [5, 5.41) is 6.76. The molecule has 1 atom stereocenters. The lowest BCUT2D eigenvalue weighted by Gasteiger charge is -2.34. The first-order chi connectivity index (χ1) is 7.68. The van der Waals surface area contributed by atoms with Gasteiger partial charge in [-0.05, 0) is 25.8 Å². The molecule has 0 radical (unpaired) electrons. The molecule has 0 spiro atoms. The molecule has 4 heteroatoms. The van der Waals surface area contributed by atoms with E-state index in [2.05, 4.69) is 24.5 Å². The molecule has 0 bridgehead atoms. The number of thiazole rings is 1. The first-order valence-electron chi connectivity index (χ1n) is 5.90. The van der Waals surface area contributed by atoms with E-state index in [0.717, 1.165) is 26.1 Å². The van der Waals surface area contributed by atoms with Crippen molar-refractivity contribution in [2.24, 2.45) is 0 Å². The van der Waals surface area contributed by atoms with E-state index in [0.29, 0.717) is 5.92 Å². The SMILES string of the molecule is CNC1(c2nc(C(C)C)cs2)CCCOC1. The lowest BCUT2D eigenvalue weighted by Crippen LogP contribution is -2.46. The maximum Gasteiger partial charge on any atom is 0.115 e. The van der Waals surface area contributed by atoms with Crippen LogP contribution in [0.5, 0.6) is 0 Å². The topological polar surface area (TPSA) is 34.2 Å². The van der Waals surface area contributed by atoms with E-state index < -0.39 is 0 Å². The second-order valence-corrected chi connectivity index (χ2v) is 5.58. The van der Waals surface area contributed by atoms with E-state index in [1.807, 2.05) is 7.05 Å². The molecule has 1 aromatic rings. The van der Waals surface area contributed by atoms with Crippen LogP contribution < -0.4 is 5.32 Å². The number of hydrogen-bond donors (Lipinski definition) is 1. The number of rotatable bonds is 3. The Morgan fingerprint density at radius 3 is 2.88 bits per heavy atom. The maximum absolute atomic E-state index is 5.60. The van der Waals surface area contributed by atoms with Crippen LogP contribution in [-0.4, -0.2) is 25.2 Å². The summed E-state index contributed by atoms with van der Waals surface area (Å²) in [7, 11) is 2.01. The first-order valence-corrected chi connectivity index (χ1v) is 6.78. The van der Waals surface area contributed by atoms with E-state index >= 15 is 0 Å². The molecule has 1 unspecified atom stereocenters. The fourth-order valence-corrected chi connectivity index (χ4v) is 3.24. The molecule has 0 amide bonds. The predicted molar refractivity (Wildman–Crippen MR) is 67.0 cm³/mol. The Balaban J connectivity index is 2.25. The highest BCUT2D eigenvalue weighted by molar-refractivity contribution is 7.09. The zero-order chi connectivity index (χ0) is 11.6. The summed E-state index contributed by atoms with van der Waals surface area (Å²) in [6.45, 7) is 5.99. The molecule has 0 aliphatic carbocycles. The Hall–Kier alpha value is -0.450. The lowest BCUT2D eigenvalue weighted by molar-refractivity contribution is 0.0216. The minimum Gasteiger partial charge on any atom is -0.379 e. The Labute approximate surface area is 101 Å². The van der Waals surface area contributed by atoms with Crippen LogP contribution in [0.2, 0.25) is 0 Å². The van der Waals surface area contributed by atoms with Crippen LogP contribution in [-0.2, 0) is 10.3 Å². The average Bonchev–Trinajstić information content (AvgIpc) is 2.80. The van der Waals surface area contributed by atoms with Crippen molar-refractivity contribution in [1.82, 2.24) is 10.3 Å². The van der Waals surface area contributed by atoms with E-state index in [-0.39, 0.29) is 5.54 Å². The summed E-state index contributed by atoms with van der Waals surface area (Å²) in [4.78, 5) is 4.75. The summed E-state index contributed by atoms with van der Waals surface area (Å²) in [5.74, 6) is 0.503. The van der Waals surface area contributed by atoms with Crippen molar-refractivity contribution in [3.05, 3.63) is 16.1 Å². The van der Waals surface area contributed by atoms with Crippen molar-refractivity contribution in [3.8, 4) is 0 Å². The minimum absolute atomic E-state index is 0.0456. The van der Waals surface area contributed by atoms with Gasteiger partial charge in [-0.1, -0.05) is 13.8 Å². The Bertz CT molecular complexity index is 343. The summed E-state index contributed by atoms with van der Waals surface area (Å²) < 4.78 is 5.60. The highest BCUT2D eigenvalue weighted by Crippen LogP contribution is 2.33. The van der Waals surface area contributed by atoms with Crippen molar-refractivity contribution in [3.63, 3.8) is 0 Å². The molecule has 1 aromatic heterocycles. The van der Waals surface area contributed by atoms with Gasteiger partial charge >= 0.3 is 0 Å². The molecule has 0 aromatic carbocycles. The molecule has 1 aliphatic rings. The van der Waals surface area contributed by atoms with E-state index in [1.165, 1.54) is 10.7 Å². The molecule has 1 fully saturated rings. The van der Waals surface area contributed by atoms with Crippen molar-refractivity contribution >= 4 is 11.3 Å². The molecule has 90 valence electrons. The summed E-state index contributed by atoms with van der Waals surface area (Å²) in [5.41, 5.74) is 1.15. The van der Waals surface area contributed by atoms with E-state index in [4.69, 9.17) is 9.72 Å². The summed E-state index contributed by atoms with van der Waals surface area (Å²) >= 11 is 1.75. The smallest absolute Gasteiger partial charge is 0.115 e. The molecule has 3 nitrogen and oxygen atoms in total. The largest absolute Gasteiger partial charge is 0.379 e. The van der Waals surface area contributed by atoms with Gasteiger partial charge in [0.2, 0.25) is 0 Å². The summed E-state index contributed by atoms with van der Waals surface area (Å²) in [6.07, 6.45) is 2.23. The van der Waals surface area contributed by atoms with Crippen molar-refractivity contribution in [2.45, 2.75) is 38.1 Å². The van der Waals surface area contributed by atoms with Crippen LogP contribution in [0.25, 0.3) is 0 Å². The van der Waals surface area contributed by atoms with Gasteiger partial charge in [0.15, 0.2) is 0 Å². The first kappa shape index (κ1) is 12.0. The highest BCUT2D eigenvalue weighted by Gasteiger charge is 2.36. The van der Waals surface area contributed by atoms with Gasteiger partial charge in [-0.15, -0.1) is 11.3 Å². The molecular formula is C12H20N2OS. The van der Waals surface area contributed by atoms with Gasteiger partial charge < -0.3 is 10.1 Å². The molecular weight excluding hydrogens is 220 g/mol. The molecule has 2 heterocycles. The van der Waals surface area contributed by atoms with Crippen LogP contribution in [0.3, 0.4) is 0 Å². The molecule has 1 N–H and O–H groups in total. The number of nitrogens with one attached hydrogen (secondary N) is 1. The fourth-order valence-electron chi connectivity index (χ4n) is 2.04. The fraction of sp³-hybridized carbons (Fsp3) is 0.750. The van der Waals surface area contributed by atoms with Crippen LogP contribution in [0.1, 0.15) is 43.3 Å². The number of nitrogens with zero attached hydrogens (tertiary/aromatic N) is 1. The van der Waals surface area contributed by atoms with E-state index in [1.54, 1.807) is 11.3 Å². The van der Waals surface area contributed by atoms with E-state index in [9.17, 15) is 0 Å². The maximum atomic E-state index is 5.60.